The molecule has 10 heteroatoms. The van der Waals surface area contributed by atoms with Crippen LogP contribution in [0.15, 0.2) is 42.5 Å². The van der Waals surface area contributed by atoms with E-state index < -0.39 is 4.92 Å². The van der Waals surface area contributed by atoms with Crippen LogP contribution in [-0.2, 0) is 0 Å². The first kappa shape index (κ1) is 21.2. The summed E-state index contributed by atoms with van der Waals surface area (Å²) in [6.45, 7) is 2.20. The zero-order valence-electron chi connectivity index (χ0n) is 15.6. The van der Waals surface area contributed by atoms with Crippen LogP contribution in [0.4, 0.5) is 11.4 Å². The minimum atomic E-state index is -0.407. The van der Waals surface area contributed by atoms with E-state index >= 15 is 0 Å². The monoisotopic (exact) mass is 526 g/mol. The van der Waals surface area contributed by atoms with E-state index in [1.807, 2.05) is 21.9 Å². The second kappa shape index (κ2) is 9.35. The number of anilines is 1. The van der Waals surface area contributed by atoms with Gasteiger partial charge in [0.2, 0.25) is 0 Å². The summed E-state index contributed by atoms with van der Waals surface area (Å²) >= 11 is 7.56. The van der Waals surface area contributed by atoms with E-state index in [0.717, 1.165) is 3.57 Å². The molecule has 0 radical (unpaired) electrons. The molecule has 0 spiro atoms. The number of rotatable bonds is 4. The number of methoxy groups -OCH3 is 1. The number of hydrogen-bond donors (Lipinski definition) is 1. The van der Waals surface area contributed by atoms with Gasteiger partial charge in [0.15, 0.2) is 5.11 Å². The van der Waals surface area contributed by atoms with Crippen molar-refractivity contribution in [2.45, 2.75) is 0 Å². The topological polar surface area (TPSA) is 88.0 Å². The molecule has 3 rings (SSSR count). The maximum absolute atomic E-state index is 12.3. The Labute approximate surface area is 187 Å². The van der Waals surface area contributed by atoms with Gasteiger partial charge in [-0.3, -0.25) is 20.2 Å². The molecule has 1 heterocycles. The first-order valence-electron chi connectivity index (χ1n) is 8.82. The van der Waals surface area contributed by atoms with Crippen molar-refractivity contribution >= 4 is 57.2 Å². The normalized spacial score (nSPS) is 13.7. The third-order valence-electron chi connectivity index (χ3n) is 4.61. The van der Waals surface area contributed by atoms with Crippen LogP contribution in [0.5, 0.6) is 5.75 Å². The van der Waals surface area contributed by atoms with Gasteiger partial charge in [-0.25, -0.2) is 0 Å². The van der Waals surface area contributed by atoms with Crippen molar-refractivity contribution in [3.8, 4) is 5.75 Å². The van der Waals surface area contributed by atoms with Crippen LogP contribution in [0.2, 0.25) is 0 Å². The lowest BCUT2D eigenvalue weighted by Gasteiger charge is -2.37. The van der Waals surface area contributed by atoms with Crippen molar-refractivity contribution in [1.29, 1.82) is 0 Å². The molecule has 0 atom stereocenters. The molecule has 8 nitrogen and oxygen atoms in total. The second-order valence-corrected chi connectivity index (χ2v) is 7.98. The van der Waals surface area contributed by atoms with Crippen molar-refractivity contribution < 1.29 is 14.5 Å². The number of amides is 1. The van der Waals surface area contributed by atoms with Gasteiger partial charge in [-0.05, 0) is 71.2 Å². The molecule has 1 fully saturated rings. The number of halogens is 1. The third-order valence-corrected chi connectivity index (χ3v) is 5.69. The number of hydrogen-bond acceptors (Lipinski definition) is 6. The van der Waals surface area contributed by atoms with Crippen molar-refractivity contribution in [1.82, 2.24) is 10.2 Å². The summed E-state index contributed by atoms with van der Waals surface area (Å²) in [5.74, 6) is 0.193. The Morgan fingerprint density at radius 1 is 1.17 bits per heavy atom. The van der Waals surface area contributed by atoms with Crippen LogP contribution in [-0.4, -0.2) is 54.1 Å². The lowest BCUT2D eigenvalue weighted by atomic mass is 10.2. The standard InChI is InChI=1S/C19H19IN4O4S/c1-28-15-6-7-16(17(12-15)24(26)27)22-8-10-23(11-9-22)19(29)21-18(25)13-2-4-14(20)5-3-13/h2-7,12H,8-11H2,1H3,(H,21,25,29). The van der Waals surface area contributed by atoms with Gasteiger partial charge < -0.3 is 14.5 Å². The fourth-order valence-electron chi connectivity index (χ4n) is 3.04. The van der Waals surface area contributed by atoms with Crippen molar-refractivity contribution in [3.63, 3.8) is 0 Å². The van der Waals surface area contributed by atoms with E-state index in [-0.39, 0.29) is 11.6 Å². The summed E-state index contributed by atoms with van der Waals surface area (Å²) in [4.78, 5) is 27.2. The molecule has 29 heavy (non-hydrogen) atoms. The molecule has 0 saturated carbocycles. The lowest BCUT2D eigenvalue weighted by Crippen LogP contribution is -2.52. The molecule has 1 saturated heterocycles. The highest BCUT2D eigenvalue weighted by Crippen LogP contribution is 2.32. The van der Waals surface area contributed by atoms with Crippen LogP contribution >= 0.6 is 34.8 Å². The predicted molar refractivity (Wildman–Crippen MR) is 123 cm³/mol. The van der Waals surface area contributed by atoms with Crippen LogP contribution in [0, 0.1) is 13.7 Å². The molecule has 2 aromatic rings. The molecule has 0 aromatic heterocycles. The summed E-state index contributed by atoms with van der Waals surface area (Å²) < 4.78 is 6.13. The van der Waals surface area contributed by atoms with Gasteiger partial charge in [0, 0.05) is 35.3 Å². The summed E-state index contributed by atoms with van der Waals surface area (Å²) in [6, 6.07) is 12.1. The van der Waals surface area contributed by atoms with Crippen molar-refractivity contribution in [2.75, 3.05) is 38.2 Å². The minimum absolute atomic E-state index is 0.00684. The summed E-state index contributed by atoms with van der Waals surface area (Å²) in [5, 5.41) is 14.5. The Morgan fingerprint density at radius 3 is 2.41 bits per heavy atom. The second-order valence-electron chi connectivity index (χ2n) is 6.35. The Morgan fingerprint density at radius 2 is 1.83 bits per heavy atom. The molecule has 2 aromatic carbocycles. The first-order valence-corrected chi connectivity index (χ1v) is 10.3. The molecular formula is C19H19IN4O4S. The van der Waals surface area contributed by atoms with E-state index in [0.29, 0.717) is 48.3 Å². The van der Waals surface area contributed by atoms with E-state index in [1.165, 1.54) is 13.2 Å². The number of ether oxygens (including phenoxy) is 1. The van der Waals surface area contributed by atoms with Gasteiger partial charge in [-0.15, -0.1) is 0 Å². The van der Waals surface area contributed by atoms with Gasteiger partial charge in [-0.2, -0.15) is 0 Å². The number of nitrogens with zero attached hydrogens (tertiary/aromatic N) is 3. The fraction of sp³-hybridized carbons (Fsp3) is 0.263. The number of thiocarbonyl (C=S) groups is 1. The fourth-order valence-corrected chi connectivity index (χ4v) is 3.68. The van der Waals surface area contributed by atoms with Gasteiger partial charge in [0.05, 0.1) is 18.1 Å². The molecule has 0 unspecified atom stereocenters. The lowest BCUT2D eigenvalue weighted by molar-refractivity contribution is -0.384. The number of nitro benzene ring substituents is 1. The quantitative estimate of drug-likeness (QED) is 0.284. The average Bonchev–Trinajstić information content (AvgIpc) is 2.73. The SMILES string of the molecule is COc1ccc(N2CCN(C(=S)NC(=O)c3ccc(I)cc3)CC2)c([N+](=O)[O-])c1. The van der Waals surface area contributed by atoms with Crippen LogP contribution in [0.25, 0.3) is 0 Å². The molecule has 1 aliphatic heterocycles. The molecule has 152 valence electrons. The summed E-state index contributed by atoms with van der Waals surface area (Å²) in [6.07, 6.45) is 0. The molecule has 0 bridgehead atoms. The molecule has 1 amide bonds. The van der Waals surface area contributed by atoms with E-state index in [9.17, 15) is 14.9 Å². The smallest absolute Gasteiger partial charge is 0.296 e. The summed E-state index contributed by atoms with van der Waals surface area (Å²) in [7, 11) is 1.48. The van der Waals surface area contributed by atoms with Crippen molar-refractivity contribution in [2.24, 2.45) is 0 Å². The number of nitro groups is 1. The van der Waals surface area contributed by atoms with Gasteiger partial charge in [-0.1, -0.05) is 0 Å². The summed E-state index contributed by atoms with van der Waals surface area (Å²) in [5.41, 5.74) is 1.09. The molecule has 1 N–H and O–H groups in total. The zero-order valence-corrected chi connectivity index (χ0v) is 18.6. The number of carbonyl (C=O) groups excluding carboxylic acids is 1. The van der Waals surface area contributed by atoms with Crippen LogP contribution in [0.3, 0.4) is 0 Å². The largest absolute Gasteiger partial charge is 0.496 e. The third kappa shape index (κ3) is 5.12. The van der Waals surface area contributed by atoms with Crippen LogP contribution in [0.1, 0.15) is 10.4 Å². The zero-order chi connectivity index (χ0) is 21.0. The van der Waals surface area contributed by atoms with Gasteiger partial charge in [0.25, 0.3) is 11.6 Å². The first-order chi connectivity index (χ1) is 13.9. The highest BCUT2D eigenvalue weighted by molar-refractivity contribution is 14.1. The number of piperazine rings is 1. The molecule has 0 aliphatic carbocycles. The maximum Gasteiger partial charge on any atom is 0.296 e. The Balaban J connectivity index is 1.61. The predicted octanol–water partition coefficient (Wildman–Crippen LogP) is 3.04. The molecular weight excluding hydrogens is 507 g/mol. The minimum Gasteiger partial charge on any atom is -0.496 e. The van der Waals surface area contributed by atoms with E-state index in [1.54, 1.807) is 24.3 Å². The van der Waals surface area contributed by atoms with Gasteiger partial charge >= 0.3 is 0 Å². The highest BCUT2D eigenvalue weighted by Gasteiger charge is 2.25. The van der Waals surface area contributed by atoms with Crippen LogP contribution < -0.4 is 15.0 Å². The Bertz CT molecular complexity index is 930. The van der Waals surface area contributed by atoms with E-state index in [4.69, 9.17) is 17.0 Å². The van der Waals surface area contributed by atoms with E-state index in [2.05, 4.69) is 27.9 Å². The number of benzene rings is 2. The van der Waals surface area contributed by atoms with Crippen molar-refractivity contribution in [3.05, 3.63) is 61.7 Å². The number of nitrogens with one attached hydrogen (secondary N) is 1. The Kier molecular flexibility index (Phi) is 6.85. The number of carbonyl (C=O) groups is 1. The average molecular weight is 526 g/mol. The van der Waals surface area contributed by atoms with Gasteiger partial charge in [0.1, 0.15) is 11.4 Å². The highest BCUT2D eigenvalue weighted by atomic mass is 127. The molecule has 1 aliphatic rings. The maximum atomic E-state index is 12.3. The Hall–Kier alpha value is -2.47.